The fourth-order valence-electron chi connectivity index (χ4n) is 1.19. The van der Waals surface area contributed by atoms with E-state index in [1.54, 1.807) is 20.8 Å². The highest BCUT2D eigenvalue weighted by Crippen LogP contribution is 2.12. The lowest BCUT2D eigenvalue weighted by Crippen LogP contribution is -2.28. The maximum absolute atomic E-state index is 11.9. The normalized spacial score (nSPS) is 12.2. The summed E-state index contributed by atoms with van der Waals surface area (Å²) in [5.74, 6) is -1.50. The summed E-state index contributed by atoms with van der Waals surface area (Å²) >= 11 is 0. The number of carbonyl (C=O) groups excluding carboxylic acids is 1. The van der Waals surface area contributed by atoms with E-state index in [0.717, 1.165) is 6.20 Å². The zero-order valence-corrected chi connectivity index (χ0v) is 11.3. The summed E-state index contributed by atoms with van der Waals surface area (Å²) in [7, 11) is 1.62. The first-order chi connectivity index (χ1) is 8.10. The minimum atomic E-state index is -3.74. The predicted molar refractivity (Wildman–Crippen MR) is 67.5 cm³/mol. The van der Waals surface area contributed by atoms with Crippen molar-refractivity contribution in [3.8, 4) is 0 Å². The van der Waals surface area contributed by atoms with Gasteiger partial charge < -0.3 is 4.74 Å². The van der Waals surface area contributed by atoms with Gasteiger partial charge in [0.2, 0.25) is 0 Å². The highest BCUT2D eigenvalue weighted by molar-refractivity contribution is 7.92. The molecule has 0 aliphatic rings. The third kappa shape index (κ3) is 4.48. The van der Waals surface area contributed by atoms with Crippen molar-refractivity contribution in [1.29, 1.82) is 0 Å². The molecular formula is C11H14BNO4S. The molecule has 1 heterocycles. The van der Waals surface area contributed by atoms with E-state index < -0.39 is 27.2 Å². The molecule has 96 valence electrons. The quantitative estimate of drug-likeness (QED) is 0.569. The van der Waals surface area contributed by atoms with Gasteiger partial charge in [-0.25, -0.2) is 8.42 Å². The Bertz CT molecular complexity index is 531. The first kappa shape index (κ1) is 14.7. The number of sulfone groups is 1. The topological polar surface area (TPSA) is 73.3 Å². The number of hydrogen-bond acceptors (Lipinski definition) is 5. The van der Waals surface area contributed by atoms with E-state index in [1.807, 2.05) is 0 Å². The van der Waals surface area contributed by atoms with E-state index in [2.05, 4.69) is 4.98 Å². The largest absolute Gasteiger partial charge is 0.459 e. The van der Waals surface area contributed by atoms with Crippen LogP contribution in [0.5, 0.6) is 0 Å². The molecule has 0 fully saturated rings. The molecule has 2 radical (unpaired) electrons. The van der Waals surface area contributed by atoms with Crippen LogP contribution >= 0.6 is 0 Å². The van der Waals surface area contributed by atoms with Crippen LogP contribution < -0.4 is 5.59 Å². The molecule has 0 spiro atoms. The van der Waals surface area contributed by atoms with Crippen LogP contribution in [0.25, 0.3) is 0 Å². The molecule has 0 aliphatic heterocycles. The van der Waals surface area contributed by atoms with Crippen molar-refractivity contribution in [2.45, 2.75) is 31.3 Å². The predicted octanol–water partition coefficient (Wildman–Crippen LogP) is -0.00920. The van der Waals surface area contributed by atoms with E-state index in [-0.39, 0.29) is 10.5 Å². The SMILES string of the molecule is [B]c1ccc(S(=O)(=O)CC(=O)OC(C)(C)C)cn1. The van der Waals surface area contributed by atoms with Crippen LogP contribution in [0.15, 0.2) is 23.2 Å². The number of rotatable bonds is 3. The highest BCUT2D eigenvalue weighted by atomic mass is 32.2. The molecule has 1 aromatic heterocycles. The zero-order valence-electron chi connectivity index (χ0n) is 10.5. The highest BCUT2D eigenvalue weighted by Gasteiger charge is 2.24. The van der Waals surface area contributed by atoms with Crippen molar-refractivity contribution in [3.63, 3.8) is 0 Å². The number of ether oxygens (including phenoxy) is 1. The average molecular weight is 267 g/mol. The summed E-state index contributed by atoms with van der Waals surface area (Å²) in [4.78, 5) is 15.1. The van der Waals surface area contributed by atoms with Crippen molar-refractivity contribution in [2.24, 2.45) is 0 Å². The van der Waals surface area contributed by atoms with Crippen LogP contribution in [0.1, 0.15) is 20.8 Å². The Morgan fingerprint density at radius 1 is 1.39 bits per heavy atom. The zero-order chi connectivity index (χ0) is 14.0. The minimum Gasteiger partial charge on any atom is -0.459 e. The van der Waals surface area contributed by atoms with Gasteiger partial charge in [-0.05, 0) is 32.4 Å². The molecule has 5 nitrogen and oxygen atoms in total. The molecule has 1 aromatic rings. The van der Waals surface area contributed by atoms with Crippen molar-refractivity contribution >= 4 is 29.2 Å². The van der Waals surface area contributed by atoms with Crippen LogP contribution in [0.3, 0.4) is 0 Å². The van der Waals surface area contributed by atoms with Gasteiger partial charge in [-0.1, -0.05) is 6.07 Å². The number of esters is 1. The van der Waals surface area contributed by atoms with Gasteiger partial charge in [-0.3, -0.25) is 9.78 Å². The van der Waals surface area contributed by atoms with Gasteiger partial charge >= 0.3 is 5.97 Å². The molecule has 0 N–H and O–H groups in total. The summed E-state index contributed by atoms with van der Waals surface area (Å²) < 4.78 is 28.7. The summed E-state index contributed by atoms with van der Waals surface area (Å²) in [6, 6.07) is 2.67. The fourth-order valence-corrected chi connectivity index (χ4v) is 2.21. The van der Waals surface area contributed by atoms with Crippen molar-refractivity contribution < 1.29 is 17.9 Å². The number of pyridine rings is 1. The number of carbonyl (C=O) groups is 1. The molecule has 0 unspecified atom stereocenters. The van der Waals surface area contributed by atoms with E-state index in [9.17, 15) is 13.2 Å². The molecular weight excluding hydrogens is 253 g/mol. The first-order valence-corrected chi connectivity index (χ1v) is 6.91. The molecule has 0 aromatic carbocycles. The fraction of sp³-hybridized carbons (Fsp3) is 0.455. The van der Waals surface area contributed by atoms with E-state index in [0.29, 0.717) is 0 Å². The molecule has 7 heteroatoms. The lowest BCUT2D eigenvalue weighted by molar-refractivity contribution is -0.151. The second-order valence-corrected chi connectivity index (χ2v) is 6.75. The minimum absolute atomic E-state index is 0.0532. The van der Waals surface area contributed by atoms with Crippen LogP contribution in [0.4, 0.5) is 0 Å². The maximum atomic E-state index is 11.9. The lowest BCUT2D eigenvalue weighted by Gasteiger charge is -2.19. The van der Waals surface area contributed by atoms with E-state index in [4.69, 9.17) is 12.6 Å². The van der Waals surface area contributed by atoms with Gasteiger partial charge in [0.15, 0.2) is 15.6 Å². The molecule has 0 saturated carbocycles. The number of nitrogens with zero attached hydrogens (tertiary/aromatic N) is 1. The van der Waals surface area contributed by atoms with Gasteiger partial charge in [-0.2, -0.15) is 0 Å². The third-order valence-corrected chi connectivity index (χ3v) is 3.42. The summed E-state index contributed by atoms with van der Waals surface area (Å²) in [5, 5.41) is 0. The van der Waals surface area contributed by atoms with Crippen molar-refractivity contribution in [2.75, 3.05) is 5.75 Å². The Morgan fingerprint density at radius 3 is 2.44 bits per heavy atom. The van der Waals surface area contributed by atoms with E-state index >= 15 is 0 Å². The number of aromatic nitrogens is 1. The summed E-state index contributed by atoms with van der Waals surface area (Å²) in [5.41, 5.74) is -0.502. The average Bonchev–Trinajstić information content (AvgIpc) is 2.13. The molecule has 0 aliphatic carbocycles. The molecule has 0 atom stereocenters. The van der Waals surface area contributed by atoms with Gasteiger partial charge in [0.25, 0.3) is 0 Å². The molecule has 0 bridgehead atoms. The monoisotopic (exact) mass is 267 g/mol. The lowest BCUT2D eigenvalue weighted by atomic mass is 10.1. The van der Waals surface area contributed by atoms with Gasteiger partial charge in [0.1, 0.15) is 13.4 Å². The van der Waals surface area contributed by atoms with Crippen molar-refractivity contribution in [1.82, 2.24) is 4.98 Å². The van der Waals surface area contributed by atoms with Gasteiger partial charge in [0, 0.05) is 6.20 Å². The van der Waals surface area contributed by atoms with Gasteiger partial charge in [-0.15, -0.1) is 0 Å². The second kappa shape index (κ2) is 5.10. The Balaban J connectivity index is 2.83. The maximum Gasteiger partial charge on any atom is 0.322 e. The molecule has 0 saturated heterocycles. The summed E-state index contributed by atoms with van der Waals surface area (Å²) in [6.07, 6.45) is 1.12. The Hall–Kier alpha value is -1.37. The number of hydrogen-bond donors (Lipinski definition) is 0. The van der Waals surface area contributed by atoms with Crippen LogP contribution in [0, 0.1) is 0 Å². The third-order valence-electron chi connectivity index (χ3n) is 1.85. The Morgan fingerprint density at radius 2 is 2.00 bits per heavy atom. The second-order valence-electron chi connectivity index (χ2n) is 4.76. The van der Waals surface area contributed by atoms with Crippen LogP contribution in [0.2, 0.25) is 0 Å². The Labute approximate surface area is 108 Å². The Kier molecular flexibility index (Phi) is 4.16. The molecule has 0 amide bonds. The van der Waals surface area contributed by atoms with Gasteiger partial charge in [0.05, 0.1) is 4.90 Å². The van der Waals surface area contributed by atoms with Crippen LogP contribution in [-0.4, -0.2) is 38.6 Å². The summed E-state index contributed by atoms with van der Waals surface area (Å²) in [6.45, 7) is 5.01. The van der Waals surface area contributed by atoms with Crippen molar-refractivity contribution in [3.05, 3.63) is 18.3 Å². The molecule has 1 rings (SSSR count). The molecule has 18 heavy (non-hydrogen) atoms. The smallest absolute Gasteiger partial charge is 0.322 e. The standard InChI is InChI=1S/C11H14BNO4S/c1-11(2,3)17-10(14)7-18(15,16)8-4-5-9(12)13-6-8/h4-6H,7H2,1-3H3. The first-order valence-electron chi connectivity index (χ1n) is 5.26. The van der Waals surface area contributed by atoms with E-state index in [1.165, 1.54) is 12.1 Å². The van der Waals surface area contributed by atoms with Crippen LogP contribution in [-0.2, 0) is 19.4 Å².